The van der Waals surface area contributed by atoms with Crippen LogP contribution in [0.15, 0.2) is 85.2 Å². The second-order valence-electron chi connectivity index (χ2n) is 7.00. The highest BCUT2D eigenvalue weighted by Gasteiger charge is 2.08. The van der Waals surface area contributed by atoms with Crippen molar-refractivity contribution in [3.05, 3.63) is 107 Å². The van der Waals surface area contributed by atoms with Gasteiger partial charge >= 0.3 is 6.01 Å². The van der Waals surface area contributed by atoms with Gasteiger partial charge in [0.05, 0.1) is 0 Å². The molecule has 6 heteroatoms. The predicted molar refractivity (Wildman–Crippen MR) is 121 cm³/mol. The van der Waals surface area contributed by atoms with Crippen molar-refractivity contribution in [1.82, 2.24) is 15.3 Å². The summed E-state index contributed by atoms with van der Waals surface area (Å²) < 4.78 is 5.71. The number of aryl methyl sites for hydroxylation is 1. The van der Waals surface area contributed by atoms with E-state index in [9.17, 15) is 4.79 Å². The van der Waals surface area contributed by atoms with E-state index in [-0.39, 0.29) is 11.9 Å². The summed E-state index contributed by atoms with van der Waals surface area (Å²) in [6, 6.07) is 22.5. The molecule has 0 aliphatic carbocycles. The standard InChI is InChI=1S/C25H20ClN3O2/c1-17-4-2-3-5-23(17)20-15-28-25(29-16-20)31-22-12-8-19(9-13-22)24(30)27-14-18-6-10-21(26)11-7-18/h2-13,15-16H,14H2,1H3,(H,27,30). The summed E-state index contributed by atoms with van der Waals surface area (Å²) >= 11 is 5.88. The molecular formula is C25H20ClN3O2. The van der Waals surface area contributed by atoms with E-state index in [1.54, 1.807) is 48.8 Å². The first kappa shape index (κ1) is 20.6. The Labute approximate surface area is 185 Å². The Morgan fingerprint density at radius 2 is 1.61 bits per heavy atom. The van der Waals surface area contributed by atoms with E-state index in [1.165, 1.54) is 0 Å². The molecule has 0 radical (unpaired) electrons. The van der Waals surface area contributed by atoms with Crippen molar-refractivity contribution in [3.63, 3.8) is 0 Å². The molecule has 31 heavy (non-hydrogen) atoms. The molecule has 5 nitrogen and oxygen atoms in total. The molecule has 1 aromatic heterocycles. The minimum Gasteiger partial charge on any atom is -0.424 e. The monoisotopic (exact) mass is 429 g/mol. The van der Waals surface area contributed by atoms with E-state index < -0.39 is 0 Å². The minimum absolute atomic E-state index is 0.166. The van der Waals surface area contributed by atoms with E-state index in [1.807, 2.05) is 43.3 Å². The van der Waals surface area contributed by atoms with E-state index >= 15 is 0 Å². The molecule has 0 fully saturated rings. The Bertz CT molecular complexity index is 1170. The molecule has 4 aromatic rings. The molecule has 154 valence electrons. The number of ether oxygens (including phenoxy) is 1. The van der Waals surface area contributed by atoms with Crippen LogP contribution in [0.3, 0.4) is 0 Å². The molecule has 3 aromatic carbocycles. The molecule has 1 heterocycles. The van der Waals surface area contributed by atoms with Crippen molar-refractivity contribution in [2.75, 3.05) is 0 Å². The van der Waals surface area contributed by atoms with Gasteiger partial charge in [-0.15, -0.1) is 0 Å². The Hall–Kier alpha value is -3.70. The van der Waals surface area contributed by atoms with Crippen LogP contribution in [0.2, 0.25) is 5.02 Å². The van der Waals surface area contributed by atoms with Gasteiger partial charge in [0.25, 0.3) is 5.91 Å². The van der Waals surface area contributed by atoms with Crippen molar-refractivity contribution in [3.8, 4) is 22.9 Å². The molecule has 1 N–H and O–H groups in total. The number of nitrogens with one attached hydrogen (secondary N) is 1. The van der Waals surface area contributed by atoms with Gasteiger partial charge in [-0.2, -0.15) is 0 Å². The molecule has 0 unspecified atom stereocenters. The summed E-state index contributed by atoms with van der Waals surface area (Å²) in [5.74, 6) is 0.387. The van der Waals surface area contributed by atoms with Crippen molar-refractivity contribution < 1.29 is 9.53 Å². The number of carbonyl (C=O) groups is 1. The van der Waals surface area contributed by atoms with Crippen LogP contribution in [0.1, 0.15) is 21.5 Å². The van der Waals surface area contributed by atoms with Crippen molar-refractivity contribution >= 4 is 17.5 Å². The Kier molecular flexibility index (Phi) is 6.24. The lowest BCUT2D eigenvalue weighted by Crippen LogP contribution is -2.22. The maximum atomic E-state index is 12.4. The smallest absolute Gasteiger partial charge is 0.321 e. The Balaban J connectivity index is 1.36. The van der Waals surface area contributed by atoms with Crippen LogP contribution in [0, 0.1) is 6.92 Å². The van der Waals surface area contributed by atoms with Crippen molar-refractivity contribution in [2.45, 2.75) is 13.5 Å². The second kappa shape index (κ2) is 9.41. The maximum absolute atomic E-state index is 12.4. The number of nitrogens with zero attached hydrogens (tertiary/aromatic N) is 2. The van der Waals surface area contributed by atoms with Crippen LogP contribution in [0.4, 0.5) is 0 Å². The number of benzene rings is 3. The van der Waals surface area contributed by atoms with Crippen LogP contribution in [0.25, 0.3) is 11.1 Å². The van der Waals surface area contributed by atoms with E-state index in [0.29, 0.717) is 22.9 Å². The number of rotatable bonds is 6. The molecule has 1 amide bonds. The summed E-state index contributed by atoms with van der Waals surface area (Å²) in [6.45, 7) is 2.47. The number of halogens is 1. The molecular weight excluding hydrogens is 410 g/mol. The summed E-state index contributed by atoms with van der Waals surface area (Å²) in [4.78, 5) is 20.9. The van der Waals surface area contributed by atoms with Crippen LogP contribution in [-0.4, -0.2) is 15.9 Å². The molecule has 0 bridgehead atoms. The first-order valence-electron chi connectivity index (χ1n) is 9.77. The fourth-order valence-corrected chi connectivity index (χ4v) is 3.20. The van der Waals surface area contributed by atoms with Crippen LogP contribution >= 0.6 is 11.6 Å². The fourth-order valence-electron chi connectivity index (χ4n) is 3.07. The lowest BCUT2D eigenvalue weighted by Gasteiger charge is -2.08. The molecule has 0 atom stereocenters. The van der Waals surface area contributed by atoms with Crippen LogP contribution < -0.4 is 10.1 Å². The second-order valence-corrected chi connectivity index (χ2v) is 7.44. The summed E-state index contributed by atoms with van der Waals surface area (Å²) in [7, 11) is 0. The zero-order chi connectivity index (χ0) is 21.6. The quantitative estimate of drug-likeness (QED) is 0.419. The highest BCUT2D eigenvalue weighted by Crippen LogP contribution is 2.24. The van der Waals surface area contributed by atoms with E-state index in [2.05, 4.69) is 15.3 Å². The van der Waals surface area contributed by atoms with Gasteiger partial charge in [-0.3, -0.25) is 4.79 Å². The average Bonchev–Trinajstić information content (AvgIpc) is 2.80. The zero-order valence-corrected chi connectivity index (χ0v) is 17.6. The Morgan fingerprint density at radius 1 is 0.935 bits per heavy atom. The first-order chi connectivity index (χ1) is 15.1. The number of carbonyl (C=O) groups excluding carboxylic acids is 1. The molecule has 0 saturated heterocycles. The molecule has 0 saturated carbocycles. The van der Waals surface area contributed by atoms with Gasteiger partial charge in [-0.1, -0.05) is 48.0 Å². The van der Waals surface area contributed by atoms with Gasteiger partial charge in [0.15, 0.2) is 0 Å². The third kappa shape index (κ3) is 5.27. The maximum Gasteiger partial charge on any atom is 0.321 e. The zero-order valence-electron chi connectivity index (χ0n) is 16.9. The summed E-state index contributed by atoms with van der Waals surface area (Å²) in [6.07, 6.45) is 3.48. The van der Waals surface area contributed by atoms with Gasteiger partial charge in [0, 0.05) is 35.1 Å². The lowest BCUT2D eigenvalue weighted by atomic mass is 10.0. The summed E-state index contributed by atoms with van der Waals surface area (Å²) in [5, 5.41) is 3.55. The van der Waals surface area contributed by atoms with Crippen LogP contribution in [0.5, 0.6) is 11.8 Å². The number of amides is 1. The minimum atomic E-state index is -0.166. The van der Waals surface area contributed by atoms with Gasteiger partial charge < -0.3 is 10.1 Å². The van der Waals surface area contributed by atoms with E-state index in [0.717, 1.165) is 22.3 Å². The molecule has 0 spiro atoms. The molecule has 4 rings (SSSR count). The van der Waals surface area contributed by atoms with Crippen LogP contribution in [-0.2, 0) is 6.54 Å². The highest BCUT2D eigenvalue weighted by molar-refractivity contribution is 6.30. The first-order valence-corrected chi connectivity index (χ1v) is 10.1. The summed E-state index contributed by atoms with van der Waals surface area (Å²) in [5.41, 5.74) is 4.69. The predicted octanol–water partition coefficient (Wildman–Crippen LogP) is 5.83. The normalized spacial score (nSPS) is 10.5. The average molecular weight is 430 g/mol. The SMILES string of the molecule is Cc1ccccc1-c1cnc(Oc2ccc(C(=O)NCc3ccc(Cl)cc3)cc2)nc1. The molecule has 0 aliphatic heterocycles. The van der Waals surface area contributed by atoms with Crippen molar-refractivity contribution in [1.29, 1.82) is 0 Å². The Morgan fingerprint density at radius 3 is 2.29 bits per heavy atom. The molecule has 0 aliphatic rings. The van der Waals surface area contributed by atoms with Gasteiger partial charge in [0.1, 0.15) is 5.75 Å². The lowest BCUT2D eigenvalue weighted by molar-refractivity contribution is 0.0951. The number of hydrogen-bond donors (Lipinski definition) is 1. The third-order valence-electron chi connectivity index (χ3n) is 4.78. The van der Waals surface area contributed by atoms with Gasteiger partial charge in [-0.05, 0) is 60.0 Å². The fraction of sp³-hybridized carbons (Fsp3) is 0.0800. The third-order valence-corrected chi connectivity index (χ3v) is 5.03. The topological polar surface area (TPSA) is 64.1 Å². The van der Waals surface area contributed by atoms with Gasteiger partial charge in [0.2, 0.25) is 0 Å². The van der Waals surface area contributed by atoms with E-state index in [4.69, 9.17) is 16.3 Å². The van der Waals surface area contributed by atoms with Gasteiger partial charge in [-0.25, -0.2) is 9.97 Å². The number of aromatic nitrogens is 2. The largest absolute Gasteiger partial charge is 0.424 e. The highest BCUT2D eigenvalue weighted by atomic mass is 35.5. The number of hydrogen-bond acceptors (Lipinski definition) is 4. The van der Waals surface area contributed by atoms with Crippen molar-refractivity contribution in [2.24, 2.45) is 0 Å².